The van der Waals surface area contributed by atoms with Crippen LogP contribution in [0.2, 0.25) is 12.6 Å². The van der Waals surface area contributed by atoms with E-state index in [2.05, 4.69) is 13.5 Å². The van der Waals surface area contributed by atoms with Crippen molar-refractivity contribution in [2.75, 3.05) is 0 Å². The second kappa shape index (κ2) is 5.53. The highest BCUT2D eigenvalue weighted by molar-refractivity contribution is 6.54. The molecule has 0 aliphatic rings. The molecule has 0 aromatic heterocycles. The van der Waals surface area contributed by atoms with Crippen LogP contribution in [0.1, 0.15) is 19.8 Å². The highest BCUT2D eigenvalue weighted by Crippen LogP contribution is 1.99. The first-order valence-electron chi connectivity index (χ1n) is 3.34. The summed E-state index contributed by atoms with van der Waals surface area (Å²) in [5.41, 5.74) is 0. The molecule has 0 saturated heterocycles. The van der Waals surface area contributed by atoms with Crippen LogP contribution in [0.4, 0.5) is 0 Å². The molecule has 8 heavy (non-hydrogen) atoms. The molecule has 0 bridgehead atoms. The third kappa shape index (κ3) is 4.55. The van der Waals surface area contributed by atoms with Gasteiger partial charge in [-0.2, -0.15) is 0 Å². The SMILES string of the molecule is CCCC[SiH](C)O[SiH3]. The molecule has 50 valence electrons. The van der Waals surface area contributed by atoms with E-state index in [1.807, 2.05) is 0 Å². The lowest BCUT2D eigenvalue weighted by molar-refractivity contribution is 0.627. The number of unbranched alkanes of at least 4 members (excludes halogenated alkanes) is 1. The Morgan fingerprint density at radius 3 is 2.62 bits per heavy atom. The fourth-order valence-corrected chi connectivity index (χ4v) is 2.54. The molecular formula is C5H16OSi2. The summed E-state index contributed by atoms with van der Waals surface area (Å²) >= 11 is 0. The normalized spacial score (nSPS) is 14.2. The van der Waals surface area contributed by atoms with Crippen LogP contribution in [0.3, 0.4) is 0 Å². The summed E-state index contributed by atoms with van der Waals surface area (Å²) in [6, 6.07) is 1.38. The predicted octanol–water partition coefficient (Wildman–Crippen LogP) is 0.437. The molecule has 1 atom stereocenters. The van der Waals surface area contributed by atoms with Gasteiger partial charge in [-0.3, -0.25) is 0 Å². The second-order valence-corrected chi connectivity index (χ2v) is 6.27. The monoisotopic (exact) mass is 148 g/mol. The van der Waals surface area contributed by atoms with Gasteiger partial charge in [-0.25, -0.2) is 0 Å². The molecule has 0 heterocycles. The Kier molecular flexibility index (Phi) is 5.80. The van der Waals surface area contributed by atoms with Gasteiger partial charge in [-0.15, -0.1) is 0 Å². The summed E-state index contributed by atoms with van der Waals surface area (Å²) in [5, 5.41) is 0. The van der Waals surface area contributed by atoms with E-state index in [0.717, 1.165) is 10.5 Å². The standard InChI is InChI=1S/C5H16OSi2/c1-3-4-5-8(2)6-7/h8H,3-5H2,1-2,7H3. The van der Waals surface area contributed by atoms with Gasteiger partial charge in [-0.05, 0) is 12.6 Å². The lowest BCUT2D eigenvalue weighted by atomic mass is 10.4. The topological polar surface area (TPSA) is 9.23 Å². The van der Waals surface area contributed by atoms with E-state index >= 15 is 0 Å². The molecule has 0 aliphatic heterocycles. The van der Waals surface area contributed by atoms with Crippen LogP contribution in [-0.2, 0) is 4.12 Å². The van der Waals surface area contributed by atoms with Gasteiger partial charge < -0.3 is 4.12 Å². The summed E-state index contributed by atoms with van der Waals surface area (Å²) in [5.74, 6) is 0. The van der Waals surface area contributed by atoms with Gasteiger partial charge in [-0.1, -0.05) is 19.8 Å². The van der Waals surface area contributed by atoms with Crippen LogP contribution in [0.15, 0.2) is 0 Å². The van der Waals surface area contributed by atoms with Crippen LogP contribution in [0.5, 0.6) is 0 Å². The van der Waals surface area contributed by atoms with Gasteiger partial charge in [0.2, 0.25) is 0 Å². The van der Waals surface area contributed by atoms with Crippen LogP contribution in [0, 0.1) is 0 Å². The minimum atomic E-state index is -0.637. The van der Waals surface area contributed by atoms with Crippen LogP contribution >= 0.6 is 0 Å². The first-order chi connectivity index (χ1) is 3.81. The quantitative estimate of drug-likeness (QED) is 0.526. The molecule has 0 fully saturated rings. The predicted molar refractivity (Wildman–Crippen MR) is 43.8 cm³/mol. The Morgan fingerprint density at radius 1 is 1.62 bits per heavy atom. The lowest BCUT2D eigenvalue weighted by Crippen LogP contribution is -2.09. The maximum absolute atomic E-state index is 5.33. The fraction of sp³-hybridized carbons (Fsp3) is 1.00. The molecule has 1 unspecified atom stereocenters. The Balaban J connectivity index is 2.86. The summed E-state index contributed by atoms with van der Waals surface area (Å²) < 4.78 is 5.33. The Hall–Kier alpha value is 0.394. The molecule has 0 aliphatic carbocycles. The Bertz CT molecular complexity index is 49.7. The molecule has 1 nitrogen and oxygen atoms in total. The summed E-state index contributed by atoms with van der Waals surface area (Å²) in [4.78, 5) is 0. The van der Waals surface area contributed by atoms with Crippen molar-refractivity contribution in [3.63, 3.8) is 0 Å². The van der Waals surface area contributed by atoms with Crippen molar-refractivity contribution in [3.05, 3.63) is 0 Å². The van der Waals surface area contributed by atoms with Gasteiger partial charge in [0.15, 0.2) is 9.04 Å². The van der Waals surface area contributed by atoms with Crippen molar-refractivity contribution < 1.29 is 4.12 Å². The second-order valence-electron chi connectivity index (χ2n) is 2.19. The number of rotatable bonds is 4. The van der Waals surface area contributed by atoms with Gasteiger partial charge in [0.1, 0.15) is 10.5 Å². The van der Waals surface area contributed by atoms with E-state index in [-0.39, 0.29) is 0 Å². The van der Waals surface area contributed by atoms with E-state index in [0.29, 0.717) is 0 Å². The summed E-state index contributed by atoms with van der Waals surface area (Å²) in [6.07, 6.45) is 2.69. The first-order valence-corrected chi connectivity index (χ1v) is 6.60. The zero-order chi connectivity index (χ0) is 6.41. The average molecular weight is 148 g/mol. The molecule has 0 aromatic rings. The highest BCUT2D eigenvalue weighted by atomic mass is 28.3. The minimum Gasteiger partial charge on any atom is -0.466 e. The van der Waals surface area contributed by atoms with Crippen molar-refractivity contribution in [1.29, 1.82) is 0 Å². The Labute approximate surface area is 56.7 Å². The molecule has 3 heteroatoms. The minimum absolute atomic E-state index is 0.637. The maximum Gasteiger partial charge on any atom is 0.159 e. The van der Waals surface area contributed by atoms with Crippen molar-refractivity contribution in [2.45, 2.75) is 32.4 Å². The van der Waals surface area contributed by atoms with E-state index in [1.54, 1.807) is 0 Å². The molecule has 0 N–H and O–H groups in total. The highest BCUT2D eigenvalue weighted by Gasteiger charge is 1.97. The maximum atomic E-state index is 5.33. The summed E-state index contributed by atoms with van der Waals surface area (Å²) in [6.45, 7) is 4.51. The first kappa shape index (κ1) is 8.39. The molecule has 0 amide bonds. The van der Waals surface area contributed by atoms with Gasteiger partial charge >= 0.3 is 0 Å². The largest absolute Gasteiger partial charge is 0.466 e. The van der Waals surface area contributed by atoms with Gasteiger partial charge in [0, 0.05) is 0 Å². The molecule has 0 radical (unpaired) electrons. The van der Waals surface area contributed by atoms with E-state index in [1.165, 1.54) is 18.9 Å². The fourth-order valence-electron chi connectivity index (χ4n) is 0.609. The van der Waals surface area contributed by atoms with E-state index < -0.39 is 9.04 Å². The zero-order valence-corrected chi connectivity index (χ0v) is 9.26. The molecular weight excluding hydrogens is 132 g/mol. The van der Waals surface area contributed by atoms with E-state index in [9.17, 15) is 0 Å². The zero-order valence-electron chi connectivity index (χ0n) is 6.11. The third-order valence-corrected chi connectivity index (χ3v) is 5.81. The van der Waals surface area contributed by atoms with Gasteiger partial charge in [0.25, 0.3) is 0 Å². The average Bonchev–Trinajstić information content (AvgIpc) is 1.83. The number of hydrogen-bond acceptors (Lipinski definition) is 1. The van der Waals surface area contributed by atoms with E-state index in [4.69, 9.17) is 4.12 Å². The molecule has 0 saturated carbocycles. The van der Waals surface area contributed by atoms with Crippen molar-refractivity contribution >= 4 is 19.5 Å². The Morgan fingerprint density at radius 2 is 2.25 bits per heavy atom. The lowest BCUT2D eigenvalue weighted by Gasteiger charge is -2.04. The molecule has 0 spiro atoms. The van der Waals surface area contributed by atoms with Crippen LogP contribution < -0.4 is 0 Å². The van der Waals surface area contributed by atoms with Crippen LogP contribution in [0.25, 0.3) is 0 Å². The molecule has 0 aromatic carbocycles. The smallest absolute Gasteiger partial charge is 0.159 e. The van der Waals surface area contributed by atoms with Crippen LogP contribution in [-0.4, -0.2) is 19.5 Å². The molecule has 0 rings (SSSR count). The third-order valence-electron chi connectivity index (χ3n) is 1.37. The van der Waals surface area contributed by atoms with Crippen molar-refractivity contribution in [3.8, 4) is 0 Å². The number of hydrogen-bond donors (Lipinski definition) is 0. The van der Waals surface area contributed by atoms with Crippen molar-refractivity contribution in [2.24, 2.45) is 0 Å². The van der Waals surface area contributed by atoms with Crippen molar-refractivity contribution in [1.82, 2.24) is 0 Å². The summed E-state index contributed by atoms with van der Waals surface area (Å²) in [7, 11) is 0.314. The van der Waals surface area contributed by atoms with Gasteiger partial charge in [0.05, 0.1) is 0 Å².